The van der Waals surface area contributed by atoms with Gasteiger partial charge in [-0.1, -0.05) is 24.3 Å². The first-order valence-corrected chi connectivity index (χ1v) is 15.2. The van der Waals surface area contributed by atoms with E-state index < -0.39 is 26.2 Å². The monoisotopic (exact) mass is 550 g/mol. The predicted molar refractivity (Wildman–Crippen MR) is 143 cm³/mol. The molecule has 0 saturated carbocycles. The highest BCUT2D eigenvalue weighted by molar-refractivity contribution is 7.92. The van der Waals surface area contributed by atoms with Crippen LogP contribution in [0.5, 0.6) is 11.5 Å². The van der Waals surface area contributed by atoms with Crippen molar-refractivity contribution in [3.05, 3.63) is 71.8 Å². The topological polar surface area (TPSA) is 102 Å². The minimum absolute atomic E-state index is 0.0618. The Balaban J connectivity index is 1.83. The van der Waals surface area contributed by atoms with Crippen molar-refractivity contribution < 1.29 is 26.3 Å². The van der Waals surface area contributed by atoms with Gasteiger partial charge in [0.25, 0.3) is 0 Å². The minimum Gasteiger partial charge on any atom is -0.496 e. The molecule has 36 heavy (non-hydrogen) atoms. The van der Waals surface area contributed by atoms with E-state index in [2.05, 4.69) is 4.72 Å². The molecule has 0 fully saturated rings. The van der Waals surface area contributed by atoms with Gasteiger partial charge >= 0.3 is 0 Å². The summed E-state index contributed by atoms with van der Waals surface area (Å²) in [6.07, 6.45) is 0.810. The standard InChI is InChI=1S/C25H27ClN2O6S2/c1-28(36(31,32)14-6-13-26)19-8-4-7-17(15-19)25-21-16-18(27-35(3,29)30)11-12-20(21)24-22(33-2)9-5-10-23(24)34-25/h4-5,7-12,15-16,25,27H,6,13-14H2,1-3H3. The Labute approximate surface area is 216 Å². The van der Waals surface area contributed by atoms with Gasteiger partial charge in [-0.05, 0) is 53.9 Å². The molecule has 0 amide bonds. The number of hydrogen-bond acceptors (Lipinski definition) is 6. The lowest BCUT2D eigenvalue weighted by atomic mass is 9.88. The molecule has 3 aromatic carbocycles. The van der Waals surface area contributed by atoms with Gasteiger partial charge in [0.2, 0.25) is 20.0 Å². The number of methoxy groups -OCH3 is 1. The van der Waals surface area contributed by atoms with E-state index in [1.54, 1.807) is 37.4 Å². The second-order valence-electron chi connectivity index (χ2n) is 8.43. The van der Waals surface area contributed by atoms with Crippen LogP contribution in [-0.4, -0.2) is 48.9 Å². The molecule has 1 unspecified atom stereocenters. The molecule has 1 atom stereocenters. The molecule has 1 aliphatic heterocycles. The minimum atomic E-state index is -3.55. The fraction of sp³-hybridized carbons (Fsp3) is 0.280. The number of fused-ring (bicyclic) bond motifs is 3. The van der Waals surface area contributed by atoms with Gasteiger partial charge in [0.05, 0.1) is 30.4 Å². The third kappa shape index (κ3) is 5.40. The van der Waals surface area contributed by atoms with Crippen LogP contribution < -0.4 is 18.5 Å². The first-order valence-electron chi connectivity index (χ1n) is 11.1. The maximum atomic E-state index is 12.7. The number of nitrogens with zero attached hydrogens (tertiary/aromatic N) is 1. The van der Waals surface area contributed by atoms with E-state index >= 15 is 0 Å². The SMILES string of the molecule is COc1cccc2c1-c1ccc(NS(C)(=O)=O)cc1C(c1cccc(N(C)S(=O)(=O)CCCCl)c1)O2. The number of sulfonamides is 2. The Morgan fingerprint density at radius 2 is 1.81 bits per heavy atom. The molecule has 0 spiro atoms. The lowest BCUT2D eigenvalue weighted by molar-refractivity contribution is 0.242. The van der Waals surface area contributed by atoms with Gasteiger partial charge in [-0.3, -0.25) is 9.03 Å². The molecule has 1 aliphatic rings. The number of benzene rings is 3. The van der Waals surface area contributed by atoms with Crippen LogP contribution in [0.25, 0.3) is 11.1 Å². The third-order valence-electron chi connectivity index (χ3n) is 5.85. The number of alkyl halides is 1. The van der Waals surface area contributed by atoms with Crippen molar-refractivity contribution >= 4 is 43.0 Å². The van der Waals surface area contributed by atoms with Crippen molar-refractivity contribution in [1.29, 1.82) is 0 Å². The van der Waals surface area contributed by atoms with Gasteiger partial charge in [-0.15, -0.1) is 11.6 Å². The van der Waals surface area contributed by atoms with Gasteiger partial charge < -0.3 is 9.47 Å². The van der Waals surface area contributed by atoms with Crippen LogP contribution in [0.3, 0.4) is 0 Å². The molecule has 0 aromatic heterocycles. The molecule has 0 radical (unpaired) electrons. The molecule has 4 rings (SSSR count). The molecule has 3 aromatic rings. The zero-order chi connectivity index (χ0) is 26.1. The summed E-state index contributed by atoms with van der Waals surface area (Å²) in [5, 5.41) is 0. The Kier molecular flexibility index (Phi) is 7.40. The first-order chi connectivity index (χ1) is 17.0. The van der Waals surface area contributed by atoms with E-state index in [4.69, 9.17) is 21.1 Å². The second kappa shape index (κ2) is 10.2. The van der Waals surface area contributed by atoms with E-state index in [1.807, 2.05) is 30.3 Å². The number of ether oxygens (including phenoxy) is 2. The summed E-state index contributed by atoms with van der Waals surface area (Å²) in [7, 11) is -3.97. The largest absolute Gasteiger partial charge is 0.496 e. The molecule has 8 nitrogen and oxygen atoms in total. The molecular formula is C25H27ClN2O6S2. The normalized spacial score (nSPS) is 14.8. The smallest absolute Gasteiger partial charge is 0.234 e. The molecule has 0 bridgehead atoms. The van der Waals surface area contributed by atoms with E-state index in [-0.39, 0.29) is 11.6 Å². The molecule has 0 aliphatic carbocycles. The van der Waals surface area contributed by atoms with Crippen LogP contribution in [-0.2, 0) is 20.0 Å². The van der Waals surface area contributed by atoms with Crippen molar-refractivity contribution in [2.24, 2.45) is 0 Å². The predicted octanol–water partition coefficient (Wildman–Crippen LogP) is 4.61. The number of nitrogens with one attached hydrogen (secondary N) is 1. The molecule has 192 valence electrons. The lowest BCUT2D eigenvalue weighted by Gasteiger charge is -2.31. The van der Waals surface area contributed by atoms with Crippen molar-refractivity contribution in [3.8, 4) is 22.6 Å². The summed E-state index contributed by atoms with van der Waals surface area (Å²) < 4.78 is 65.0. The zero-order valence-corrected chi connectivity index (χ0v) is 22.5. The average Bonchev–Trinajstić information content (AvgIpc) is 2.85. The van der Waals surface area contributed by atoms with E-state index in [9.17, 15) is 16.8 Å². The molecule has 1 N–H and O–H groups in total. The third-order valence-corrected chi connectivity index (χ3v) is 8.57. The Morgan fingerprint density at radius 3 is 2.50 bits per heavy atom. The van der Waals surface area contributed by atoms with Crippen LogP contribution >= 0.6 is 11.6 Å². The average molecular weight is 551 g/mol. The molecule has 0 saturated heterocycles. The molecule has 1 heterocycles. The quantitative estimate of drug-likeness (QED) is 0.390. The molecule has 11 heteroatoms. The number of halogens is 1. The first kappa shape index (κ1) is 26.1. The van der Waals surface area contributed by atoms with Crippen LogP contribution in [0, 0.1) is 0 Å². The van der Waals surface area contributed by atoms with E-state index in [1.165, 1.54) is 11.4 Å². The summed E-state index contributed by atoms with van der Waals surface area (Å²) in [5.74, 6) is 1.42. The van der Waals surface area contributed by atoms with Crippen molar-refractivity contribution in [3.63, 3.8) is 0 Å². The summed E-state index contributed by atoms with van der Waals surface area (Å²) in [5.41, 5.74) is 3.87. The Hall–Kier alpha value is -2.95. The maximum Gasteiger partial charge on any atom is 0.234 e. The second-order valence-corrected chi connectivity index (χ2v) is 12.7. The van der Waals surface area contributed by atoms with Crippen LogP contribution in [0.2, 0.25) is 0 Å². The summed E-state index contributed by atoms with van der Waals surface area (Å²) in [6.45, 7) is 0. The van der Waals surface area contributed by atoms with Crippen LogP contribution in [0.1, 0.15) is 23.7 Å². The van der Waals surface area contributed by atoms with Gasteiger partial charge in [0.15, 0.2) is 0 Å². The summed E-state index contributed by atoms with van der Waals surface area (Å²) in [4.78, 5) is 0. The van der Waals surface area contributed by atoms with Crippen molar-refractivity contribution in [1.82, 2.24) is 0 Å². The van der Waals surface area contributed by atoms with E-state index in [0.717, 1.165) is 17.4 Å². The van der Waals surface area contributed by atoms with Gasteiger partial charge in [0.1, 0.15) is 17.6 Å². The summed E-state index contributed by atoms with van der Waals surface area (Å²) in [6, 6.07) is 17.8. The van der Waals surface area contributed by atoms with Crippen LogP contribution in [0.4, 0.5) is 11.4 Å². The van der Waals surface area contributed by atoms with E-state index in [0.29, 0.717) is 40.4 Å². The highest BCUT2D eigenvalue weighted by Gasteiger charge is 2.31. The Bertz CT molecular complexity index is 1490. The fourth-order valence-electron chi connectivity index (χ4n) is 4.19. The zero-order valence-electron chi connectivity index (χ0n) is 20.1. The highest BCUT2D eigenvalue weighted by atomic mass is 35.5. The number of anilines is 2. The van der Waals surface area contributed by atoms with Crippen molar-refractivity contribution in [2.45, 2.75) is 12.5 Å². The number of hydrogen-bond donors (Lipinski definition) is 1. The summed E-state index contributed by atoms with van der Waals surface area (Å²) >= 11 is 5.70. The lowest BCUT2D eigenvalue weighted by Crippen LogP contribution is -2.29. The highest BCUT2D eigenvalue weighted by Crippen LogP contribution is 2.49. The van der Waals surface area contributed by atoms with Gasteiger partial charge in [-0.25, -0.2) is 16.8 Å². The van der Waals surface area contributed by atoms with Gasteiger partial charge in [-0.2, -0.15) is 0 Å². The Morgan fingerprint density at radius 1 is 1.06 bits per heavy atom. The molecular weight excluding hydrogens is 524 g/mol. The number of rotatable bonds is 9. The van der Waals surface area contributed by atoms with Gasteiger partial charge in [0, 0.05) is 24.2 Å². The fourth-order valence-corrected chi connectivity index (χ4v) is 6.25. The maximum absolute atomic E-state index is 12.7. The van der Waals surface area contributed by atoms with Crippen molar-refractivity contribution in [2.75, 3.05) is 41.1 Å². The van der Waals surface area contributed by atoms with Crippen LogP contribution in [0.15, 0.2) is 60.7 Å².